The van der Waals surface area contributed by atoms with Gasteiger partial charge in [0, 0.05) is 22.7 Å². The summed E-state index contributed by atoms with van der Waals surface area (Å²) in [6, 6.07) is 3.32. The highest BCUT2D eigenvalue weighted by Crippen LogP contribution is 2.38. The van der Waals surface area contributed by atoms with Crippen LogP contribution >= 0.6 is 34.7 Å². The van der Waals surface area contributed by atoms with Gasteiger partial charge in [-0.15, -0.1) is 11.3 Å². The lowest BCUT2D eigenvalue weighted by Gasteiger charge is -2.28. The van der Waals surface area contributed by atoms with Crippen molar-refractivity contribution in [1.82, 2.24) is 5.32 Å². The Morgan fingerprint density at radius 1 is 1.65 bits per heavy atom. The fourth-order valence-electron chi connectivity index (χ4n) is 2.46. The molecule has 2 unspecified atom stereocenters. The predicted octanol–water partition coefficient (Wildman–Crippen LogP) is 4.51. The minimum Gasteiger partial charge on any atom is -0.306 e. The monoisotopic (exact) mass is 289 g/mol. The Balaban J connectivity index is 2.07. The molecular weight excluding hydrogens is 270 g/mol. The third kappa shape index (κ3) is 3.40. The summed E-state index contributed by atoms with van der Waals surface area (Å²) in [7, 11) is 0. The van der Waals surface area contributed by atoms with Gasteiger partial charge in [0.2, 0.25) is 0 Å². The lowest BCUT2D eigenvalue weighted by molar-refractivity contribution is 0.408. The molecular formula is C13H20ClNS2. The number of halogens is 1. The van der Waals surface area contributed by atoms with E-state index in [1.807, 2.05) is 11.8 Å². The van der Waals surface area contributed by atoms with E-state index in [9.17, 15) is 0 Å². The van der Waals surface area contributed by atoms with Gasteiger partial charge in [-0.2, -0.15) is 11.8 Å². The van der Waals surface area contributed by atoms with Crippen molar-refractivity contribution in [3.05, 3.63) is 20.8 Å². The number of fused-ring (bicyclic) bond motifs is 1. The Morgan fingerprint density at radius 3 is 3.18 bits per heavy atom. The molecule has 96 valence electrons. The smallest absolute Gasteiger partial charge is 0.0934 e. The van der Waals surface area contributed by atoms with Crippen molar-refractivity contribution in [2.24, 2.45) is 0 Å². The topological polar surface area (TPSA) is 12.0 Å². The zero-order valence-electron chi connectivity index (χ0n) is 10.5. The number of hydrogen-bond donors (Lipinski definition) is 1. The van der Waals surface area contributed by atoms with Crippen molar-refractivity contribution in [3.8, 4) is 0 Å². The first-order valence-corrected chi connectivity index (χ1v) is 8.86. The van der Waals surface area contributed by atoms with Crippen LogP contribution in [0.1, 0.15) is 42.7 Å². The summed E-state index contributed by atoms with van der Waals surface area (Å²) < 4.78 is 0.946. The van der Waals surface area contributed by atoms with E-state index in [-0.39, 0.29) is 0 Å². The molecule has 17 heavy (non-hydrogen) atoms. The molecule has 1 aromatic rings. The molecule has 1 nitrogen and oxygen atoms in total. The molecule has 1 N–H and O–H groups in total. The van der Waals surface area contributed by atoms with Crippen molar-refractivity contribution in [1.29, 1.82) is 0 Å². The zero-order chi connectivity index (χ0) is 12.3. The maximum absolute atomic E-state index is 6.13. The van der Waals surface area contributed by atoms with Gasteiger partial charge in [-0.3, -0.25) is 0 Å². The lowest BCUT2D eigenvalue weighted by atomic mass is 9.93. The van der Waals surface area contributed by atoms with Crippen molar-refractivity contribution < 1.29 is 0 Å². The summed E-state index contributed by atoms with van der Waals surface area (Å²) in [4.78, 5) is 1.50. The Labute approximate surface area is 117 Å². The van der Waals surface area contributed by atoms with Crippen LogP contribution in [0.4, 0.5) is 0 Å². The second-order valence-corrected chi connectivity index (χ2v) is 7.28. The number of hydrogen-bond acceptors (Lipinski definition) is 3. The maximum atomic E-state index is 6.13. The first-order valence-electron chi connectivity index (χ1n) is 6.27. The van der Waals surface area contributed by atoms with Gasteiger partial charge in [0.25, 0.3) is 0 Å². The first kappa shape index (κ1) is 13.7. The lowest BCUT2D eigenvalue weighted by Crippen LogP contribution is -2.35. The van der Waals surface area contributed by atoms with Crippen molar-refractivity contribution >= 4 is 34.7 Å². The van der Waals surface area contributed by atoms with Gasteiger partial charge in [0.05, 0.1) is 4.34 Å². The fraction of sp³-hybridized carbons (Fsp3) is 0.692. The third-order valence-electron chi connectivity index (χ3n) is 3.38. The first-order chi connectivity index (χ1) is 8.24. The molecule has 0 fully saturated rings. The molecule has 1 aromatic heterocycles. The molecule has 0 saturated heterocycles. The molecule has 0 saturated carbocycles. The number of aryl methyl sites for hydroxylation is 1. The number of rotatable bonds is 5. The highest BCUT2D eigenvalue weighted by Gasteiger charge is 2.24. The minimum atomic E-state index is 0.527. The Bertz CT molecular complexity index is 364. The summed E-state index contributed by atoms with van der Waals surface area (Å²) in [6.45, 7) is 2.26. The van der Waals surface area contributed by atoms with Crippen molar-refractivity contribution in [2.75, 3.05) is 12.0 Å². The van der Waals surface area contributed by atoms with E-state index in [0.717, 1.165) is 4.34 Å². The van der Waals surface area contributed by atoms with Gasteiger partial charge in [0.15, 0.2) is 0 Å². The van der Waals surface area contributed by atoms with Crippen LogP contribution in [0.25, 0.3) is 0 Å². The van der Waals surface area contributed by atoms with E-state index in [1.54, 1.807) is 11.3 Å². The summed E-state index contributed by atoms with van der Waals surface area (Å²) >= 11 is 9.82. The van der Waals surface area contributed by atoms with Crippen molar-refractivity contribution in [3.63, 3.8) is 0 Å². The molecule has 1 aliphatic rings. The summed E-state index contributed by atoms with van der Waals surface area (Å²) in [5.41, 5.74) is 1.46. The fourth-order valence-corrected chi connectivity index (χ4v) is 4.58. The van der Waals surface area contributed by atoms with Crippen LogP contribution in [0.2, 0.25) is 4.34 Å². The molecule has 2 atom stereocenters. The summed E-state index contributed by atoms with van der Waals surface area (Å²) in [6.07, 6.45) is 7.13. The van der Waals surface area contributed by atoms with Crippen LogP contribution in [-0.4, -0.2) is 18.1 Å². The molecule has 0 spiro atoms. The molecule has 0 aliphatic heterocycles. The van der Waals surface area contributed by atoms with E-state index in [2.05, 4.69) is 24.6 Å². The van der Waals surface area contributed by atoms with Gasteiger partial charge in [0.1, 0.15) is 0 Å². The average Bonchev–Trinajstić information content (AvgIpc) is 2.70. The molecule has 0 radical (unpaired) electrons. The van der Waals surface area contributed by atoms with E-state index in [1.165, 1.54) is 41.9 Å². The quantitative estimate of drug-likeness (QED) is 0.856. The highest BCUT2D eigenvalue weighted by atomic mass is 35.5. The second-order valence-electron chi connectivity index (χ2n) is 4.60. The zero-order valence-corrected chi connectivity index (χ0v) is 12.9. The average molecular weight is 290 g/mol. The molecule has 2 rings (SSSR count). The number of thioether (sulfide) groups is 1. The minimum absolute atomic E-state index is 0.527. The molecule has 1 heterocycles. The van der Waals surface area contributed by atoms with Gasteiger partial charge >= 0.3 is 0 Å². The third-order valence-corrected chi connectivity index (χ3v) is 5.46. The van der Waals surface area contributed by atoms with Gasteiger partial charge in [-0.05, 0) is 43.6 Å². The van der Waals surface area contributed by atoms with E-state index >= 15 is 0 Å². The number of thiophene rings is 1. The Morgan fingerprint density at radius 2 is 2.47 bits per heavy atom. The second kappa shape index (κ2) is 6.46. The summed E-state index contributed by atoms with van der Waals surface area (Å²) in [5, 5.41) is 3.80. The van der Waals surface area contributed by atoms with Crippen LogP contribution in [0.15, 0.2) is 6.07 Å². The van der Waals surface area contributed by atoms with Gasteiger partial charge in [-0.1, -0.05) is 18.5 Å². The highest BCUT2D eigenvalue weighted by molar-refractivity contribution is 7.98. The van der Waals surface area contributed by atoms with E-state index in [0.29, 0.717) is 12.1 Å². The van der Waals surface area contributed by atoms with Crippen molar-refractivity contribution in [2.45, 2.75) is 44.7 Å². The molecule has 0 aromatic carbocycles. The standard InChI is InChI=1S/C13H20ClNS2/c1-3-9(8-16-2)15-11-5-4-6-12-10(11)7-13(14)17-12/h7,9,11,15H,3-6,8H2,1-2H3. The van der Waals surface area contributed by atoms with Crippen LogP contribution in [0.5, 0.6) is 0 Å². The molecule has 0 bridgehead atoms. The maximum Gasteiger partial charge on any atom is 0.0934 e. The Kier molecular flexibility index (Phi) is 5.22. The Hall–Kier alpha value is 0.300. The number of nitrogens with one attached hydrogen (secondary N) is 1. The van der Waals surface area contributed by atoms with Crippen LogP contribution in [0, 0.1) is 0 Å². The van der Waals surface area contributed by atoms with Crippen LogP contribution in [-0.2, 0) is 6.42 Å². The van der Waals surface area contributed by atoms with E-state index < -0.39 is 0 Å². The largest absolute Gasteiger partial charge is 0.306 e. The van der Waals surface area contributed by atoms with E-state index in [4.69, 9.17) is 11.6 Å². The molecule has 0 amide bonds. The van der Waals surface area contributed by atoms with Crippen LogP contribution in [0.3, 0.4) is 0 Å². The van der Waals surface area contributed by atoms with Gasteiger partial charge in [-0.25, -0.2) is 0 Å². The SMILES string of the molecule is CCC(CSC)NC1CCCc2sc(Cl)cc21. The molecule has 1 aliphatic carbocycles. The normalized spacial score (nSPS) is 21.2. The molecule has 4 heteroatoms. The van der Waals surface area contributed by atoms with Gasteiger partial charge < -0.3 is 5.32 Å². The predicted molar refractivity (Wildman–Crippen MR) is 80.6 cm³/mol. The summed E-state index contributed by atoms with van der Waals surface area (Å²) in [5.74, 6) is 1.19. The van der Waals surface area contributed by atoms with Crippen LogP contribution < -0.4 is 5.32 Å².